The van der Waals surface area contributed by atoms with Crippen molar-refractivity contribution in [1.29, 1.82) is 0 Å². The number of nitrogens with one attached hydrogen (secondary N) is 1. The summed E-state index contributed by atoms with van der Waals surface area (Å²) in [6, 6.07) is 13.0. The van der Waals surface area contributed by atoms with Crippen molar-refractivity contribution in [2.45, 2.75) is 43.0 Å². The van der Waals surface area contributed by atoms with Gasteiger partial charge in [0.15, 0.2) is 0 Å². The lowest BCUT2D eigenvalue weighted by molar-refractivity contribution is 0.214. The van der Waals surface area contributed by atoms with Crippen molar-refractivity contribution >= 4 is 20.8 Å². The Morgan fingerprint density at radius 2 is 1.80 bits per heavy atom. The molecule has 106 valence electrons. The average molecular weight is 289 g/mol. The maximum Gasteiger partial charge on any atom is 0.241 e. The van der Waals surface area contributed by atoms with Crippen LogP contribution in [0.1, 0.15) is 32.6 Å². The maximum absolute atomic E-state index is 12.7. The molecule has 0 atom stereocenters. The normalized spacial score (nSPS) is 17.9. The van der Waals surface area contributed by atoms with E-state index in [0.29, 0.717) is 4.90 Å². The quantitative estimate of drug-likeness (QED) is 0.937. The molecule has 1 saturated carbocycles. The van der Waals surface area contributed by atoms with Crippen molar-refractivity contribution in [2.75, 3.05) is 0 Å². The van der Waals surface area contributed by atoms with Gasteiger partial charge in [-0.3, -0.25) is 0 Å². The minimum atomic E-state index is -3.47. The Bertz CT molecular complexity index is 722. The first-order valence-corrected chi connectivity index (χ1v) is 8.56. The summed E-state index contributed by atoms with van der Waals surface area (Å²) in [5.41, 5.74) is -0.226. The van der Waals surface area contributed by atoms with Crippen molar-refractivity contribution < 1.29 is 8.42 Å². The minimum absolute atomic E-state index is 0.226. The second-order valence-corrected chi connectivity index (χ2v) is 7.22. The molecule has 3 rings (SSSR count). The smallest absolute Gasteiger partial charge is 0.207 e. The lowest BCUT2D eigenvalue weighted by atomic mass is 9.76. The van der Waals surface area contributed by atoms with Gasteiger partial charge >= 0.3 is 0 Å². The van der Waals surface area contributed by atoms with E-state index >= 15 is 0 Å². The van der Waals surface area contributed by atoms with Crippen LogP contribution in [-0.2, 0) is 10.0 Å². The zero-order chi connectivity index (χ0) is 14.2. The average Bonchev–Trinajstić information content (AvgIpc) is 2.42. The van der Waals surface area contributed by atoms with Crippen molar-refractivity contribution in [3.63, 3.8) is 0 Å². The van der Waals surface area contributed by atoms with Gasteiger partial charge in [0.05, 0.1) is 4.90 Å². The van der Waals surface area contributed by atoms with E-state index in [1.807, 2.05) is 37.3 Å². The van der Waals surface area contributed by atoms with E-state index in [1.165, 1.54) is 0 Å². The van der Waals surface area contributed by atoms with Crippen LogP contribution < -0.4 is 4.72 Å². The number of fused-ring (bicyclic) bond motifs is 1. The molecule has 0 amide bonds. The van der Waals surface area contributed by atoms with Gasteiger partial charge in [0, 0.05) is 10.9 Å². The molecule has 2 aromatic carbocycles. The molecule has 1 aliphatic rings. The Hall–Kier alpha value is -1.39. The molecular weight excluding hydrogens is 270 g/mol. The molecule has 2 aromatic rings. The third kappa shape index (κ3) is 2.23. The molecule has 1 aliphatic carbocycles. The molecule has 1 fully saturated rings. The fourth-order valence-electron chi connectivity index (χ4n) is 2.90. The van der Waals surface area contributed by atoms with E-state index in [2.05, 4.69) is 4.72 Å². The lowest BCUT2D eigenvalue weighted by Crippen LogP contribution is -2.52. The summed E-state index contributed by atoms with van der Waals surface area (Å²) < 4.78 is 28.3. The first-order chi connectivity index (χ1) is 9.56. The molecule has 0 spiro atoms. The number of benzene rings is 2. The van der Waals surface area contributed by atoms with Gasteiger partial charge in [-0.15, -0.1) is 0 Å². The summed E-state index contributed by atoms with van der Waals surface area (Å²) >= 11 is 0. The summed E-state index contributed by atoms with van der Waals surface area (Å²) in [6.45, 7) is 2.05. The Kier molecular flexibility index (Phi) is 3.30. The Morgan fingerprint density at radius 3 is 2.45 bits per heavy atom. The number of sulfonamides is 1. The Balaban J connectivity index is 2.05. The van der Waals surface area contributed by atoms with Gasteiger partial charge in [-0.2, -0.15) is 0 Å². The Morgan fingerprint density at radius 1 is 1.10 bits per heavy atom. The van der Waals surface area contributed by atoms with Gasteiger partial charge in [0.1, 0.15) is 0 Å². The van der Waals surface area contributed by atoms with Crippen LogP contribution in [0.25, 0.3) is 10.8 Å². The summed E-state index contributed by atoms with van der Waals surface area (Å²) in [7, 11) is -3.47. The number of hydrogen-bond acceptors (Lipinski definition) is 2. The molecule has 0 aliphatic heterocycles. The highest BCUT2D eigenvalue weighted by atomic mass is 32.2. The van der Waals surface area contributed by atoms with Crippen molar-refractivity contribution in [3.8, 4) is 0 Å². The minimum Gasteiger partial charge on any atom is -0.207 e. The van der Waals surface area contributed by atoms with E-state index < -0.39 is 10.0 Å². The topological polar surface area (TPSA) is 46.2 Å². The summed E-state index contributed by atoms with van der Waals surface area (Å²) in [5, 5.41) is 1.74. The molecule has 0 saturated heterocycles. The van der Waals surface area contributed by atoms with Gasteiger partial charge in [0.2, 0.25) is 10.0 Å². The first kappa shape index (κ1) is 13.6. The van der Waals surface area contributed by atoms with Crippen LogP contribution in [0.15, 0.2) is 47.4 Å². The first-order valence-electron chi connectivity index (χ1n) is 7.08. The summed E-state index contributed by atoms with van der Waals surface area (Å²) in [6.07, 6.45) is 3.82. The third-order valence-corrected chi connectivity index (χ3v) is 6.01. The van der Waals surface area contributed by atoms with E-state index in [4.69, 9.17) is 0 Å². The van der Waals surface area contributed by atoms with Crippen LogP contribution >= 0.6 is 0 Å². The van der Waals surface area contributed by atoms with Crippen LogP contribution in [0, 0.1) is 0 Å². The molecular formula is C16H19NO2S. The standard InChI is InChI=1S/C16H19NO2S/c1-2-16(11-6-12-16)17-20(18,19)15-10-5-8-13-7-3-4-9-14(13)15/h3-5,7-10,17H,2,6,11-12H2,1H3. The van der Waals surface area contributed by atoms with E-state index in [-0.39, 0.29) is 5.54 Å². The third-order valence-electron chi connectivity index (χ3n) is 4.38. The zero-order valence-electron chi connectivity index (χ0n) is 11.6. The predicted octanol–water partition coefficient (Wildman–Crippen LogP) is 3.45. The van der Waals surface area contributed by atoms with Gasteiger partial charge in [0.25, 0.3) is 0 Å². The lowest BCUT2D eigenvalue weighted by Gasteiger charge is -2.41. The highest BCUT2D eigenvalue weighted by Gasteiger charge is 2.39. The van der Waals surface area contributed by atoms with Crippen LogP contribution in [-0.4, -0.2) is 14.0 Å². The molecule has 0 radical (unpaired) electrons. The fourth-order valence-corrected chi connectivity index (χ4v) is 4.66. The molecule has 3 nitrogen and oxygen atoms in total. The molecule has 0 bridgehead atoms. The number of rotatable bonds is 4. The second-order valence-electron chi connectivity index (χ2n) is 5.57. The Labute approximate surface area is 120 Å². The molecule has 0 unspecified atom stereocenters. The van der Waals surface area contributed by atoms with E-state index in [9.17, 15) is 8.42 Å². The fraction of sp³-hybridized carbons (Fsp3) is 0.375. The van der Waals surface area contributed by atoms with E-state index in [1.54, 1.807) is 12.1 Å². The molecule has 4 heteroatoms. The predicted molar refractivity (Wildman–Crippen MR) is 81.1 cm³/mol. The van der Waals surface area contributed by atoms with Gasteiger partial charge in [-0.1, -0.05) is 43.3 Å². The van der Waals surface area contributed by atoms with Crippen LogP contribution in [0.3, 0.4) is 0 Å². The van der Waals surface area contributed by atoms with Crippen LogP contribution in [0.2, 0.25) is 0 Å². The summed E-state index contributed by atoms with van der Waals surface area (Å²) in [5.74, 6) is 0. The van der Waals surface area contributed by atoms with Crippen LogP contribution in [0.4, 0.5) is 0 Å². The highest BCUT2D eigenvalue weighted by molar-refractivity contribution is 7.89. The van der Waals surface area contributed by atoms with E-state index in [0.717, 1.165) is 36.5 Å². The van der Waals surface area contributed by atoms with Gasteiger partial charge in [-0.25, -0.2) is 13.1 Å². The molecule has 0 heterocycles. The monoisotopic (exact) mass is 289 g/mol. The highest BCUT2D eigenvalue weighted by Crippen LogP contribution is 2.36. The summed E-state index contributed by atoms with van der Waals surface area (Å²) in [4.78, 5) is 0.385. The number of hydrogen-bond donors (Lipinski definition) is 1. The van der Waals surface area contributed by atoms with Crippen LogP contribution in [0.5, 0.6) is 0 Å². The van der Waals surface area contributed by atoms with Crippen molar-refractivity contribution in [3.05, 3.63) is 42.5 Å². The van der Waals surface area contributed by atoms with Gasteiger partial charge in [-0.05, 0) is 37.1 Å². The van der Waals surface area contributed by atoms with Gasteiger partial charge < -0.3 is 0 Å². The maximum atomic E-state index is 12.7. The molecule has 0 aromatic heterocycles. The SMILES string of the molecule is CCC1(NS(=O)(=O)c2cccc3ccccc23)CCC1. The van der Waals surface area contributed by atoms with Crippen molar-refractivity contribution in [2.24, 2.45) is 0 Å². The largest absolute Gasteiger partial charge is 0.241 e. The zero-order valence-corrected chi connectivity index (χ0v) is 12.4. The molecule has 20 heavy (non-hydrogen) atoms. The van der Waals surface area contributed by atoms with Crippen molar-refractivity contribution in [1.82, 2.24) is 4.72 Å². The molecule has 1 N–H and O–H groups in total. The second kappa shape index (κ2) is 4.86.